The van der Waals surface area contributed by atoms with Crippen LogP contribution in [-0.4, -0.2) is 48.7 Å². The number of hydroxylamine groups is 1. The number of aliphatic imine (C=N–C) groups is 1. The molecule has 2 saturated heterocycles. The molecule has 3 unspecified atom stereocenters. The van der Waals surface area contributed by atoms with Crippen LogP contribution in [0.1, 0.15) is 38.4 Å². The first-order valence-electron chi connectivity index (χ1n) is 9.60. The van der Waals surface area contributed by atoms with Crippen molar-refractivity contribution in [2.45, 2.75) is 45.2 Å². The smallest absolute Gasteiger partial charge is 0.135 e. The summed E-state index contributed by atoms with van der Waals surface area (Å²) in [4.78, 5) is 15.0. The zero-order chi connectivity index (χ0) is 19.1. The number of likely N-dealkylation sites (tertiary alicyclic amines) is 1. The Morgan fingerprint density at radius 2 is 2.04 bits per heavy atom. The highest BCUT2D eigenvalue weighted by Crippen LogP contribution is 2.39. The SMILES string of the molecule is CC(C)C1ONC(C2CCN(C3N=CNc4c(Br)cc(F)cc43)CC2)N1C. The summed E-state index contributed by atoms with van der Waals surface area (Å²) in [5, 5.41) is 3.14. The number of hydrogen-bond donors (Lipinski definition) is 2. The van der Waals surface area contributed by atoms with Crippen molar-refractivity contribution in [2.24, 2.45) is 16.8 Å². The molecule has 0 aromatic heterocycles. The molecule has 1 aromatic rings. The standard InChI is InChI=1S/C19H27BrFN5O/c1-11(2)19-25(3)17(24-27-19)12-4-6-26(7-5-12)18-14-8-13(21)9-15(20)16(14)22-10-23-18/h8-12,17-19,24H,4-7H2,1-3H3,(H,22,23). The Kier molecular flexibility index (Phi) is 5.53. The van der Waals surface area contributed by atoms with E-state index in [-0.39, 0.29) is 24.4 Å². The lowest BCUT2D eigenvalue weighted by molar-refractivity contribution is -0.0318. The second-order valence-electron chi connectivity index (χ2n) is 8.00. The van der Waals surface area contributed by atoms with Crippen LogP contribution in [0.5, 0.6) is 0 Å². The van der Waals surface area contributed by atoms with Gasteiger partial charge in [0.25, 0.3) is 0 Å². The molecule has 2 N–H and O–H groups in total. The summed E-state index contributed by atoms with van der Waals surface area (Å²) >= 11 is 3.45. The van der Waals surface area contributed by atoms with Crippen molar-refractivity contribution in [3.05, 3.63) is 28.0 Å². The molecule has 8 heteroatoms. The van der Waals surface area contributed by atoms with Crippen molar-refractivity contribution < 1.29 is 9.23 Å². The quantitative estimate of drug-likeness (QED) is 0.754. The molecule has 0 saturated carbocycles. The first kappa shape index (κ1) is 19.3. The normalized spacial score (nSPS) is 29.9. The topological polar surface area (TPSA) is 52.1 Å². The number of benzene rings is 1. The second-order valence-corrected chi connectivity index (χ2v) is 8.86. The van der Waals surface area contributed by atoms with Gasteiger partial charge in [-0.2, -0.15) is 5.48 Å². The monoisotopic (exact) mass is 439 g/mol. The summed E-state index contributed by atoms with van der Waals surface area (Å²) in [6.07, 6.45) is 4.06. The van der Waals surface area contributed by atoms with E-state index in [1.807, 2.05) is 0 Å². The molecular weight excluding hydrogens is 413 g/mol. The number of piperidine rings is 1. The average molecular weight is 440 g/mol. The molecule has 4 rings (SSSR count). The van der Waals surface area contributed by atoms with Crippen LogP contribution in [0, 0.1) is 17.7 Å². The van der Waals surface area contributed by atoms with Gasteiger partial charge in [0.1, 0.15) is 18.2 Å². The lowest BCUT2D eigenvalue weighted by atomic mass is 9.92. The van der Waals surface area contributed by atoms with Crippen LogP contribution in [0.4, 0.5) is 10.1 Å². The van der Waals surface area contributed by atoms with E-state index in [1.165, 1.54) is 6.07 Å². The van der Waals surface area contributed by atoms with Gasteiger partial charge in [-0.3, -0.25) is 19.6 Å². The Hall–Kier alpha value is -1.06. The van der Waals surface area contributed by atoms with Gasteiger partial charge in [0.2, 0.25) is 0 Å². The molecule has 0 radical (unpaired) electrons. The Bertz CT molecular complexity index is 722. The summed E-state index contributed by atoms with van der Waals surface area (Å²) in [6.45, 7) is 6.21. The molecule has 0 spiro atoms. The van der Waals surface area contributed by atoms with Gasteiger partial charge in [0.05, 0.1) is 18.2 Å². The molecule has 27 heavy (non-hydrogen) atoms. The Morgan fingerprint density at radius 1 is 1.30 bits per heavy atom. The molecule has 0 amide bonds. The van der Waals surface area contributed by atoms with E-state index in [4.69, 9.17) is 4.84 Å². The van der Waals surface area contributed by atoms with Crippen LogP contribution in [0.2, 0.25) is 0 Å². The molecule has 2 fully saturated rings. The van der Waals surface area contributed by atoms with E-state index < -0.39 is 0 Å². The maximum absolute atomic E-state index is 14.0. The van der Waals surface area contributed by atoms with E-state index in [2.05, 4.69) is 62.4 Å². The van der Waals surface area contributed by atoms with Crippen molar-refractivity contribution >= 4 is 28.0 Å². The van der Waals surface area contributed by atoms with E-state index in [1.54, 1.807) is 12.4 Å². The molecule has 148 valence electrons. The minimum atomic E-state index is -0.243. The molecule has 3 atom stereocenters. The number of fused-ring (bicyclic) bond motifs is 1. The molecule has 3 aliphatic rings. The molecule has 3 aliphatic heterocycles. The summed E-state index contributed by atoms with van der Waals surface area (Å²) in [6, 6.07) is 3.08. The zero-order valence-corrected chi connectivity index (χ0v) is 17.5. The van der Waals surface area contributed by atoms with Crippen LogP contribution in [-0.2, 0) is 4.84 Å². The van der Waals surface area contributed by atoms with E-state index in [0.29, 0.717) is 11.8 Å². The number of anilines is 1. The van der Waals surface area contributed by atoms with E-state index in [9.17, 15) is 4.39 Å². The first-order valence-corrected chi connectivity index (χ1v) is 10.4. The number of hydrogen-bond acceptors (Lipinski definition) is 6. The van der Waals surface area contributed by atoms with Crippen LogP contribution in [0.3, 0.4) is 0 Å². The van der Waals surface area contributed by atoms with Crippen LogP contribution in [0.15, 0.2) is 21.6 Å². The van der Waals surface area contributed by atoms with Gasteiger partial charge in [-0.15, -0.1) is 0 Å². The molecule has 1 aromatic carbocycles. The summed E-state index contributed by atoms with van der Waals surface area (Å²) in [5.41, 5.74) is 5.04. The molecule has 6 nitrogen and oxygen atoms in total. The minimum absolute atomic E-state index is 0.120. The predicted molar refractivity (Wildman–Crippen MR) is 108 cm³/mol. The van der Waals surface area contributed by atoms with Gasteiger partial charge < -0.3 is 5.32 Å². The summed E-state index contributed by atoms with van der Waals surface area (Å²) in [7, 11) is 2.13. The number of rotatable bonds is 3. The van der Waals surface area contributed by atoms with Crippen LogP contribution >= 0.6 is 15.9 Å². The third-order valence-electron chi connectivity index (χ3n) is 5.87. The molecular formula is C19H27BrFN5O. The average Bonchev–Trinajstić information content (AvgIpc) is 3.03. The van der Waals surface area contributed by atoms with Crippen molar-refractivity contribution in [3.63, 3.8) is 0 Å². The van der Waals surface area contributed by atoms with Crippen LogP contribution in [0.25, 0.3) is 0 Å². The maximum Gasteiger partial charge on any atom is 0.135 e. The van der Waals surface area contributed by atoms with E-state index in [0.717, 1.165) is 41.7 Å². The highest BCUT2D eigenvalue weighted by molar-refractivity contribution is 9.10. The summed E-state index contributed by atoms with van der Waals surface area (Å²) in [5.74, 6) is 0.731. The number of nitrogens with zero attached hydrogens (tertiary/aromatic N) is 3. The van der Waals surface area contributed by atoms with Gasteiger partial charge in [0.15, 0.2) is 0 Å². The largest absolute Gasteiger partial charge is 0.345 e. The highest BCUT2D eigenvalue weighted by atomic mass is 79.9. The third kappa shape index (κ3) is 3.65. The van der Waals surface area contributed by atoms with Crippen LogP contribution < -0.4 is 10.8 Å². The molecule has 3 heterocycles. The second kappa shape index (κ2) is 7.75. The highest BCUT2D eigenvalue weighted by Gasteiger charge is 2.40. The van der Waals surface area contributed by atoms with Crippen molar-refractivity contribution in [3.8, 4) is 0 Å². The van der Waals surface area contributed by atoms with Gasteiger partial charge in [0, 0.05) is 23.1 Å². The van der Waals surface area contributed by atoms with Gasteiger partial charge in [-0.05, 0) is 59.8 Å². The van der Waals surface area contributed by atoms with Crippen molar-refractivity contribution in [1.29, 1.82) is 0 Å². The zero-order valence-electron chi connectivity index (χ0n) is 16.0. The van der Waals surface area contributed by atoms with Gasteiger partial charge in [-0.1, -0.05) is 13.8 Å². The van der Waals surface area contributed by atoms with Gasteiger partial charge in [-0.25, -0.2) is 4.39 Å². The molecule has 0 bridgehead atoms. The Morgan fingerprint density at radius 3 is 2.70 bits per heavy atom. The lowest BCUT2D eigenvalue weighted by Gasteiger charge is -2.40. The third-order valence-corrected chi connectivity index (χ3v) is 6.50. The number of nitrogens with one attached hydrogen (secondary N) is 2. The fourth-order valence-corrected chi connectivity index (χ4v) is 5.03. The Balaban J connectivity index is 1.43. The predicted octanol–water partition coefficient (Wildman–Crippen LogP) is 3.53. The fourth-order valence-electron chi connectivity index (χ4n) is 4.47. The molecule has 0 aliphatic carbocycles. The summed E-state index contributed by atoms with van der Waals surface area (Å²) < 4.78 is 14.7. The fraction of sp³-hybridized carbons (Fsp3) is 0.632. The Labute approximate surface area is 168 Å². The van der Waals surface area contributed by atoms with E-state index >= 15 is 0 Å². The van der Waals surface area contributed by atoms with Crippen molar-refractivity contribution in [2.75, 3.05) is 25.5 Å². The first-order chi connectivity index (χ1) is 13.0. The number of halogens is 2. The minimum Gasteiger partial charge on any atom is -0.345 e. The lowest BCUT2D eigenvalue weighted by Crippen LogP contribution is -2.48. The maximum atomic E-state index is 14.0. The van der Waals surface area contributed by atoms with Crippen molar-refractivity contribution in [1.82, 2.24) is 15.3 Å². The van der Waals surface area contributed by atoms with Gasteiger partial charge >= 0.3 is 0 Å².